The van der Waals surface area contributed by atoms with Crippen LogP contribution < -0.4 is 10.0 Å². The molecule has 0 aliphatic carbocycles. The topological polar surface area (TPSA) is 83.7 Å². The Labute approximate surface area is 173 Å². The van der Waals surface area contributed by atoms with E-state index >= 15 is 0 Å². The summed E-state index contributed by atoms with van der Waals surface area (Å²) in [6, 6.07) is 16.2. The minimum Gasteiger partial charge on any atom is -0.324 e. The van der Waals surface area contributed by atoms with Gasteiger partial charge in [0.25, 0.3) is 0 Å². The number of hydrogen-bond acceptors (Lipinski definition) is 5. The molecule has 1 heterocycles. The number of Topliss-reactive ketones (excluding diaryl/α,β-unsaturated/α-hetero) is 1. The van der Waals surface area contributed by atoms with Crippen molar-refractivity contribution in [3.63, 3.8) is 0 Å². The first kappa shape index (κ1) is 21.5. The van der Waals surface area contributed by atoms with E-state index < -0.39 is 10.0 Å². The average Bonchev–Trinajstić information content (AvgIpc) is 3.26. The van der Waals surface area contributed by atoms with Gasteiger partial charge in [-0.2, -0.15) is 0 Å². The molecule has 0 unspecified atom stereocenters. The number of hydrogen-bond donors (Lipinski definition) is 1. The Morgan fingerprint density at radius 3 is 2.28 bits per heavy atom. The van der Waals surface area contributed by atoms with Gasteiger partial charge in [0.15, 0.2) is 5.78 Å². The molecule has 2 aromatic carbocycles. The van der Waals surface area contributed by atoms with E-state index in [1.165, 1.54) is 17.1 Å². The van der Waals surface area contributed by atoms with Gasteiger partial charge in [-0.3, -0.25) is 9.10 Å². The molecule has 3 rings (SSSR count). The summed E-state index contributed by atoms with van der Waals surface area (Å²) in [5.41, 5.74) is 7.42. The first-order chi connectivity index (χ1) is 14.0. The van der Waals surface area contributed by atoms with Crippen molar-refractivity contribution >= 4 is 21.5 Å². The number of carbonyl (C=O) groups excluding carboxylic acids is 1. The SMILES string of the molecule is NCC(=O)c1ccc(CN(c2ccccc2)S(=O)(=O)CCCN2CCCC2)cc1. The van der Waals surface area contributed by atoms with E-state index in [0.29, 0.717) is 17.7 Å². The summed E-state index contributed by atoms with van der Waals surface area (Å²) in [5, 5.41) is 0. The number of rotatable bonds is 10. The third-order valence-corrected chi connectivity index (χ3v) is 7.06. The fourth-order valence-electron chi connectivity index (χ4n) is 3.61. The van der Waals surface area contributed by atoms with Crippen LogP contribution in [0.5, 0.6) is 0 Å². The third-order valence-electron chi connectivity index (χ3n) is 5.24. The number of anilines is 1. The highest BCUT2D eigenvalue weighted by atomic mass is 32.2. The van der Waals surface area contributed by atoms with E-state index in [-0.39, 0.29) is 24.6 Å². The molecule has 156 valence electrons. The average molecular weight is 416 g/mol. The lowest BCUT2D eigenvalue weighted by atomic mass is 10.1. The van der Waals surface area contributed by atoms with Gasteiger partial charge in [-0.05, 0) is 56.6 Å². The van der Waals surface area contributed by atoms with Gasteiger partial charge in [0, 0.05) is 5.56 Å². The van der Waals surface area contributed by atoms with Gasteiger partial charge in [0.05, 0.1) is 24.5 Å². The van der Waals surface area contributed by atoms with Gasteiger partial charge in [-0.1, -0.05) is 42.5 Å². The van der Waals surface area contributed by atoms with Crippen molar-refractivity contribution in [1.29, 1.82) is 0 Å². The molecule has 0 saturated carbocycles. The molecule has 1 aliphatic heterocycles. The summed E-state index contributed by atoms with van der Waals surface area (Å²) in [5.74, 6) is -0.0201. The highest BCUT2D eigenvalue weighted by molar-refractivity contribution is 7.92. The van der Waals surface area contributed by atoms with E-state index in [2.05, 4.69) is 4.90 Å². The molecular formula is C22H29N3O3S. The Balaban J connectivity index is 1.74. The second kappa shape index (κ2) is 10.0. The minimum atomic E-state index is -3.48. The van der Waals surface area contributed by atoms with Gasteiger partial charge in [-0.15, -0.1) is 0 Å². The number of nitrogens with zero attached hydrogens (tertiary/aromatic N) is 2. The predicted octanol–water partition coefficient (Wildman–Crippen LogP) is 2.65. The molecule has 0 amide bonds. The summed E-state index contributed by atoms with van der Waals surface area (Å²) in [4.78, 5) is 14.0. The number of ketones is 1. The second-order valence-electron chi connectivity index (χ2n) is 7.38. The Morgan fingerprint density at radius 1 is 1.00 bits per heavy atom. The molecule has 1 aliphatic rings. The van der Waals surface area contributed by atoms with Crippen LogP contribution in [0.4, 0.5) is 5.69 Å². The van der Waals surface area contributed by atoms with Crippen LogP contribution in [0.25, 0.3) is 0 Å². The number of para-hydroxylation sites is 1. The second-order valence-corrected chi connectivity index (χ2v) is 9.40. The van der Waals surface area contributed by atoms with Crippen LogP contribution in [-0.2, 0) is 16.6 Å². The van der Waals surface area contributed by atoms with Crippen LogP contribution in [-0.4, -0.2) is 51.0 Å². The highest BCUT2D eigenvalue weighted by Crippen LogP contribution is 2.22. The summed E-state index contributed by atoms with van der Waals surface area (Å²) in [6.07, 6.45) is 3.02. The van der Waals surface area contributed by atoms with Crippen LogP contribution in [0.3, 0.4) is 0 Å². The predicted molar refractivity (Wildman–Crippen MR) is 117 cm³/mol. The fraction of sp³-hybridized carbons (Fsp3) is 0.409. The van der Waals surface area contributed by atoms with E-state index in [1.807, 2.05) is 30.3 Å². The van der Waals surface area contributed by atoms with Crippen LogP contribution in [0.2, 0.25) is 0 Å². The molecule has 1 fully saturated rings. The van der Waals surface area contributed by atoms with Crippen molar-refractivity contribution in [2.75, 3.05) is 36.2 Å². The number of likely N-dealkylation sites (tertiary alicyclic amines) is 1. The van der Waals surface area contributed by atoms with Crippen molar-refractivity contribution in [2.24, 2.45) is 5.73 Å². The van der Waals surface area contributed by atoms with E-state index in [0.717, 1.165) is 25.2 Å². The van der Waals surface area contributed by atoms with Gasteiger partial charge in [-0.25, -0.2) is 8.42 Å². The summed E-state index contributed by atoms with van der Waals surface area (Å²) < 4.78 is 27.8. The van der Waals surface area contributed by atoms with Crippen LogP contribution >= 0.6 is 0 Å². The van der Waals surface area contributed by atoms with Crippen LogP contribution in [0, 0.1) is 0 Å². The molecular weight excluding hydrogens is 386 g/mol. The first-order valence-corrected chi connectivity index (χ1v) is 11.7. The quantitative estimate of drug-likeness (QED) is 0.603. The van der Waals surface area contributed by atoms with E-state index in [9.17, 15) is 13.2 Å². The fourth-order valence-corrected chi connectivity index (χ4v) is 5.11. The molecule has 0 radical (unpaired) electrons. The standard InChI is InChI=1S/C22H29N3O3S/c23-17-22(26)20-11-9-19(10-12-20)18-25(21-7-2-1-3-8-21)29(27,28)16-6-15-24-13-4-5-14-24/h1-3,7-12H,4-6,13-18,23H2. The maximum atomic E-state index is 13.2. The number of carbonyl (C=O) groups is 1. The Morgan fingerprint density at radius 2 is 1.66 bits per heavy atom. The summed E-state index contributed by atoms with van der Waals surface area (Å²) in [6.45, 7) is 3.14. The zero-order valence-corrected chi connectivity index (χ0v) is 17.5. The van der Waals surface area contributed by atoms with Gasteiger partial charge in [0.2, 0.25) is 10.0 Å². The monoisotopic (exact) mass is 415 g/mol. The maximum absolute atomic E-state index is 13.2. The highest BCUT2D eigenvalue weighted by Gasteiger charge is 2.23. The largest absolute Gasteiger partial charge is 0.324 e. The zero-order chi connectivity index (χ0) is 20.7. The first-order valence-electron chi connectivity index (χ1n) is 10.1. The van der Waals surface area contributed by atoms with Gasteiger partial charge in [0.1, 0.15) is 0 Å². The molecule has 0 atom stereocenters. The minimum absolute atomic E-state index is 0.0408. The molecule has 7 heteroatoms. The lowest BCUT2D eigenvalue weighted by Crippen LogP contribution is -2.34. The Bertz CT molecular complexity index is 893. The van der Waals surface area contributed by atoms with Crippen LogP contribution in [0.15, 0.2) is 54.6 Å². The summed E-state index contributed by atoms with van der Waals surface area (Å²) >= 11 is 0. The zero-order valence-electron chi connectivity index (χ0n) is 16.7. The molecule has 6 nitrogen and oxygen atoms in total. The molecule has 29 heavy (non-hydrogen) atoms. The van der Waals surface area contributed by atoms with Crippen molar-refractivity contribution in [2.45, 2.75) is 25.8 Å². The van der Waals surface area contributed by atoms with Gasteiger partial charge >= 0.3 is 0 Å². The van der Waals surface area contributed by atoms with Crippen molar-refractivity contribution in [3.05, 3.63) is 65.7 Å². The van der Waals surface area contributed by atoms with Crippen LogP contribution in [0.1, 0.15) is 35.2 Å². The lowest BCUT2D eigenvalue weighted by Gasteiger charge is -2.25. The van der Waals surface area contributed by atoms with Crippen molar-refractivity contribution in [1.82, 2.24) is 4.90 Å². The maximum Gasteiger partial charge on any atom is 0.235 e. The van der Waals surface area contributed by atoms with E-state index in [4.69, 9.17) is 5.73 Å². The molecule has 0 aromatic heterocycles. The number of benzene rings is 2. The third kappa shape index (κ3) is 5.88. The van der Waals surface area contributed by atoms with Gasteiger partial charge < -0.3 is 10.6 Å². The number of nitrogens with two attached hydrogens (primary N) is 1. The van der Waals surface area contributed by atoms with E-state index in [1.54, 1.807) is 24.3 Å². The normalized spacial score (nSPS) is 14.8. The summed E-state index contributed by atoms with van der Waals surface area (Å²) in [7, 11) is -3.48. The smallest absolute Gasteiger partial charge is 0.235 e. The molecule has 0 bridgehead atoms. The molecule has 2 aromatic rings. The Kier molecular flexibility index (Phi) is 7.41. The molecule has 2 N–H and O–H groups in total. The molecule has 0 spiro atoms. The molecule has 1 saturated heterocycles. The lowest BCUT2D eigenvalue weighted by molar-refractivity contribution is 0.100. The number of sulfonamides is 1. The van der Waals surface area contributed by atoms with Crippen molar-refractivity contribution < 1.29 is 13.2 Å². The van der Waals surface area contributed by atoms with Crippen molar-refractivity contribution in [3.8, 4) is 0 Å². The Hall–Kier alpha value is -2.22.